The Morgan fingerprint density at radius 2 is 2.50 bits per heavy atom. The zero-order valence-electron chi connectivity index (χ0n) is 6.58. The van der Waals surface area contributed by atoms with E-state index in [0.717, 1.165) is 0 Å². The highest BCUT2D eigenvalue weighted by molar-refractivity contribution is 6.67. The number of hydrogen-bond donors (Lipinski definition) is 0. The molecule has 0 saturated carbocycles. The molecule has 0 saturated heterocycles. The van der Waals surface area contributed by atoms with Crippen LogP contribution in [-0.2, 0) is 0 Å². The van der Waals surface area contributed by atoms with Crippen LogP contribution in [0.15, 0.2) is 18.3 Å². The van der Waals surface area contributed by atoms with Crippen LogP contribution in [0.25, 0.3) is 0 Å². The fraction of sp³-hybridized carbons (Fsp3) is 0.250. The minimum Gasteiger partial charge on any atom is -0.491 e. The van der Waals surface area contributed by atoms with Crippen molar-refractivity contribution in [2.45, 2.75) is 6.92 Å². The molecule has 0 atom stereocenters. The maximum Gasteiger partial charge on any atom is 0.274 e. The summed E-state index contributed by atoms with van der Waals surface area (Å²) >= 11 is 5.26. The van der Waals surface area contributed by atoms with Crippen molar-refractivity contribution in [2.75, 3.05) is 6.61 Å². The van der Waals surface area contributed by atoms with Gasteiger partial charge in [0.1, 0.15) is 5.75 Å². The number of carbonyl (C=O) groups excluding carboxylic acids is 1. The van der Waals surface area contributed by atoms with Gasteiger partial charge in [0.15, 0.2) is 5.69 Å². The van der Waals surface area contributed by atoms with E-state index in [0.29, 0.717) is 12.4 Å². The van der Waals surface area contributed by atoms with Crippen molar-refractivity contribution in [3.05, 3.63) is 24.0 Å². The molecule has 0 unspecified atom stereocenters. The Morgan fingerprint density at radius 3 is 3.08 bits per heavy atom. The average molecular weight is 186 g/mol. The fourth-order valence-electron chi connectivity index (χ4n) is 0.810. The van der Waals surface area contributed by atoms with Gasteiger partial charge in [-0.25, -0.2) is 4.98 Å². The van der Waals surface area contributed by atoms with Crippen LogP contribution in [0, 0.1) is 0 Å². The topological polar surface area (TPSA) is 39.2 Å². The first-order chi connectivity index (χ1) is 5.75. The molecule has 0 aromatic carbocycles. The van der Waals surface area contributed by atoms with Crippen LogP contribution in [0.1, 0.15) is 17.4 Å². The molecule has 1 aromatic rings. The van der Waals surface area contributed by atoms with Gasteiger partial charge in [0.2, 0.25) is 0 Å². The van der Waals surface area contributed by atoms with Gasteiger partial charge in [-0.1, -0.05) is 0 Å². The van der Waals surface area contributed by atoms with Crippen LogP contribution < -0.4 is 4.74 Å². The Morgan fingerprint density at radius 1 is 1.75 bits per heavy atom. The molecule has 0 amide bonds. The second-order valence-corrected chi connectivity index (χ2v) is 2.40. The maximum absolute atomic E-state index is 10.8. The van der Waals surface area contributed by atoms with Crippen molar-refractivity contribution in [1.29, 1.82) is 0 Å². The smallest absolute Gasteiger partial charge is 0.274 e. The first kappa shape index (κ1) is 9.00. The molecule has 0 radical (unpaired) electrons. The summed E-state index contributed by atoms with van der Waals surface area (Å²) in [7, 11) is 0. The third-order valence-corrected chi connectivity index (χ3v) is 1.44. The molecule has 12 heavy (non-hydrogen) atoms. The van der Waals surface area contributed by atoms with Gasteiger partial charge in [-0.15, -0.1) is 0 Å². The van der Waals surface area contributed by atoms with E-state index in [1.54, 1.807) is 12.1 Å². The molecular formula is C8H8ClNO2. The van der Waals surface area contributed by atoms with Crippen molar-refractivity contribution >= 4 is 16.8 Å². The second-order valence-electron chi connectivity index (χ2n) is 2.06. The predicted octanol–water partition coefficient (Wildman–Crippen LogP) is 1.86. The molecule has 0 N–H and O–H groups in total. The molecule has 1 aromatic heterocycles. The van der Waals surface area contributed by atoms with Gasteiger partial charge in [-0.2, -0.15) is 0 Å². The lowest BCUT2D eigenvalue weighted by atomic mass is 10.3. The number of carbonyl (C=O) groups is 1. The molecule has 0 aliphatic carbocycles. The zero-order chi connectivity index (χ0) is 8.97. The lowest BCUT2D eigenvalue weighted by molar-refractivity contribution is 0.107. The largest absolute Gasteiger partial charge is 0.491 e. The van der Waals surface area contributed by atoms with Crippen molar-refractivity contribution in [3.8, 4) is 5.75 Å². The molecular weight excluding hydrogens is 178 g/mol. The molecule has 0 aliphatic heterocycles. The van der Waals surface area contributed by atoms with E-state index in [1.807, 2.05) is 6.92 Å². The second kappa shape index (κ2) is 4.07. The minimum atomic E-state index is -0.598. The summed E-state index contributed by atoms with van der Waals surface area (Å²) in [6.45, 7) is 2.32. The van der Waals surface area contributed by atoms with Gasteiger partial charge >= 0.3 is 0 Å². The molecule has 4 heteroatoms. The summed E-state index contributed by atoms with van der Waals surface area (Å²) in [6.07, 6.45) is 1.50. The molecule has 64 valence electrons. The van der Waals surface area contributed by atoms with E-state index in [9.17, 15) is 4.79 Å². The van der Waals surface area contributed by atoms with Gasteiger partial charge in [-0.05, 0) is 30.7 Å². The third kappa shape index (κ3) is 1.95. The number of rotatable bonds is 3. The normalized spacial score (nSPS) is 9.50. The van der Waals surface area contributed by atoms with E-state index in [-0.39, 0.29) is 5.69 Å². The minimum absolute atomic E-state index is 0.168. The van der Waals surface area contributed by atoms with Gasteiger partial charge in [0.25, 0.3) is 5.24 Å². The lowest BCUT2D eigenvalue weighted by Crippen LogP contribution is -2.00. The average Bonchev–Trinajstić information content (AvgIpc) is 2.05. The van der Waals surface area contributed by atoms with E-state index >= 15 is 0 Å². The van der Waals surface area contributed by atoms with Crippen LogP contribution in [0.4, 0.5) is 0 Å². The molecule has 1 rings (SSSR count). The van der Waals surface area contributed by atoms with E-state index in [1.165, 1.54) is 6.20 Å². The zero-order valence-corrected chi connectivity index (χ0v) is 7.34. The summed E-state index contributed by atoms with van der Waals surface area (Å²) in [6, 6.07) is 3.35. The quantitative estimate of drug-likeness (QED) is 0.675. The molecule has 3 nitrogen and oxygen atoms in total. The summed E-state index contributed by atoms with van der Waals surface area (Å²) < 4.78 is 5.13. The Labute approximate surface area is 75.3 Å². The van der Waals surface area contributed by atoms with Gasteiger partial charge in [0.05, 0.1) is 6.61 Å². The maximum atomic E-state index is 10.8. The number of halogens is 1. The van der Waals surface area contributed by atoms with Crippen molar-refractivity contribution in [1.82, 2.24) is 4.98 Å². The van der Waals surface area contributed by atoms with Gasteiger partial charge in [-0.3, -0.25) is 4.79 Å². The molecule has 0 spiro atoms. The van der Waals surface area contributed by atoms with Crippen LogP contribution in [0.3, 0.4) is 0 Å². The Hall–Kier alpha value is -1.09. The van der Waals surface area contributed by atoms with Crippen molar-refractivity contribution in [3.63, 3.8) is 0 Å². The van der Waals surface area contributed by atoms with Crippen LogP contribution in [-0.4, -0.2) is 16.8 Å². The van der Waals surface area contributed by atoms with Crippen molar-refractivity contribution in [2.24, 2.45) is 0 Å². The van der Waals surface area contributed by atoms with E-state index < -0.39 is 5.24 Å². The van der Waals surface area contributed by atoms with Gasteiger partial charge in [0, 0.05) is 6.20 Å². The Bertz CT molecular complexity index is 288. The molecule has 0 aliphatic rings. The van der Waals surface area contributed by atoms with E-state index in [2.05, 4.69) is 4.98 Å². The summed E-state index contributed by atoms with van der Waals surface area (Å²) in [4.78, 5) is 14.6. The van der Waals surface area contributed by atoms with Crippen LogP contribution >= 0.6 is 11.6 Å². The Kier molecular flexibility index (Phi) is 3.05. The summed E-state index contributed by atoms with van der Waals surface area (Å²) in [5, 5.41) is -0.598. The highest BCUT2D eigenvalue weighted by Gasteiger charge is 2.09. The molecule has 0 bridgehead atoms. The summed E-state index contributed by atoms with van der Waals surface area (Å²) in [5.41, 5.74) is 0.168. The number of pyridine rings is 1. The predicted molar refractivity (Wildman–Crippen MR) is 45.6 cm³/mol. The van der Waals surface area contributed by atoms with Gasteiger partial charge < -0.3 is 4.74 Å². The standard InChI is InChI=1S/C8H8ClNO2/c1-2-12-6-4-3-5-10-7(6)8(9)11/h3-5H,2H2,1H3. The fourth-order valence-corrected chi connectivity index (χ4v) is 0.952. The van der Waals surface area contributed by atoms with Crippen molar-refractivity contribution < 1.29 is 9.53 Å². The first-order valence-corrected chi connectivity index (χ1v) is 3.91. The number of hydrogen-bond acceptors (Lipinski definition) is 3. The lowest BCUT2D eigenvalue weighted by Gasteiger charge is -2.04. The first-order valence-electron chi connectivity index (χ1n) is 3.53. The third-order valence-electron chi connectivity index (χ3n) is 1.26. The van der Waals surface area contributed by atoms with Crippen LogP contribution in [0.5, 0.6) is 5.75 Å². The molecule has 0 fully saturated rings. The van der Waals surface area contributed by atoms with Crippen LogP contribution in [0.2, 0.25) is 0 Å². The number of nitrogens with zero attached hydrogens (tertiary/aromatic N) is 1. The van der Waals surface area contributed by atoms with E-state index in [4.69, 9.17) is 16.3 Å². The number of ether oxygens (including phenoxy) is 1. The summed E-state index contributed by atoms with van der Waals surface area (Å²) in [5.74, 6) is 0.431. The Balaban J connectivity index is 3.00. The highest BCUT2D eigenvalue weighted by atomic mass is 35.5. The SMILES string of the molecule is CCOc1cccnc1C(=O)Cl. The molecule has 1 heterocycles. The number of aromatic nitrogens is 1. The highest BCUT2D eigenvalue weighted by Crippen LogP contribution is 2.16. The monoisotopic (exact) mass is 185 g/mol.